The normalized spacial score (nSPS) is 15.0. The first-order chi connectivity index (χ1) is 13.9. The number of hydrogen-bond acceptors (Lipinski definition) is 2. The standard InChI is InChI=1S/C18H16.C8H6N2/c1-3-7-15-13(5-1)9-11-18-16-8-4-2-6-14(16)10-12-17(15)18;1-2-7-3-5-9-6-8(7)10-4-1/h1,3-5,7-9,11H,2,6,10,12H2;1-6H. The molecule has 2 aliphatic rings. The molecule has 0 bridgehead atoms. The Morgan fingerprint density at radius 1 is 0.750 bits per heavy atom. The summed E-state index contributed by atoms with van der Waals surface area (Å²) < 4.78 is 0. The van der Waals surface area contributed by atoms with E-state index in [1.165, 1.54) is 47.6 Å². The molecule has 0 fully saturated rings. The van der Waals surface area contributed by atoms with Gasteiger partial charge in [0.15, 0.2) is 0 Å². The Hall–Kier alpha value is -3.26. The molecule has 2 heteroatoms. The molecule has 136 valence electrons. The number of aromatic nitrogens is 2. The van der Waals surface area contributed by atoms with Crippen molar-refractivity contribution in [3.05, 3.63) is 102 Å². The SMILES string of the molecule is C1=CC2=C(CC1)CCc1c2ccc2ccccc12.c1cnc2cnccc2c1. The van der Waals surface area contributed by atoms with E-state index in [9.17, 15) is 0 Å². The quantitative estimate of drug-likeness (QED) is 0.356. The van der Waals surface area contributed by atoms with Gasteiger partial charge in [0.25, 0.3) is 0 Å². The Morgan fingerprint density at radius 2 is 1.68 bits per heavy atom. The molecule has 2 aliphatic carbocycles. The van der Waals surface area contributed by atoms with Crippen LogP contribution in [0.15, 0.2) is 90.9 Å². The Bertz CT molecular complexity index is 1150. The molecule has 0 saturated heterocycles. The summed E-state index contributed by atoms with van der Waals surface area (Å²) in [6, 6.07) is 19.2. The minimum atomic E-state index is 0.949. The van der Waals surface area contributed by atoms with Crippen LogP contribution in [0.4, 0.5) is 0 Å². The zero-order valence-electron chi connectivity index (χ0n) is 15.8. The van der Waals surface area contributed by atoms with E-state index in [1.54, 1.807) is 29.7 Å². The number of fused-ring (bicyclic) bond motifs is 5. The fraction of sp³-hybridized carbons (Fsp3) is 0.154. The number of nitrogens with zero attached hydrogens (tertiary/aromatic N) is 2. The van der Waals surface area contributed by atoms with Crippen LogP contribution in [0.1, 0.15) is 30.4 Å². The largest absolute Gasteiger partial charge is 0.262 e. The van der Waals surface area contributed by atoms with E-state index < -0.39 is 0 Å². The Labute approximate surface area is 165 Å². The monoisotopic (exact) mass is 362 g/mol. The number of rotatable bonds is 0. The summed E-state index contributed by atoms with van der Waals surface area (Å²) in [5, 5.41) is 3.96. The topological polar surface area (TPSA) is 25.8 Å². The first-order valence-electron chi connectivity index (χ1n) is 9.94. The Balaban J connectivity index is 0.000000145. The molecule has 0 saturated carbocycles. The molecule has 0 amide bonds. The van der Waals surface area contributed by atoms with Gasteiger partial charge in [-0.25, -0.2) is 0 Å². The van der Waals surface area contributed by atoms with E-state index in [0.29, 0.717) is 0 Å². The van der Waals surface area contributed by atoms with E-state index in [4.69, 9.17) is 0 Å². The van der Waals surface area contributed by atoms with Crippen LogP contribution in [0.25, 0.3) is 27.2 Å². The summed E-state index contributed by atoms with van der Waals surface area (Å²) in [7, 11) is 0. The summed E-state index contributed by atoms with van der Waals surface area (Å²) in [4.78, 5) is 8.07. The second-order valence-electron chi connectivity index (χ2n) is 7.34. The maximum absolute atomic E-state index is 4.12. The highest BCUT2D eigenvalue weighted by atomic mass is 14.7. The number of allylic oxidation sites excluding steroid dienone is 4. The van der Waals surface area contributed by atoms with Gasteiger partial charge in [0.05, 0.1) is 11.7 Å². The van der Waals surface area contributed by atoms with Gasteiger partial charge in [-0.05, 0) is 65.3 Å². The summed E-state index contributed by atoms with van der Waals surface area (Å²) in [6.07, 6.45) is 14.9. The zero-order chi connectivity index (χ0) is 18.8. The van der Waals surface area contributed by atoms with Crippen LogP contribution in [0, 0.1) is 0 Å². The third kappa shape index (κ3) is 3.11. The van der Waals surface area contributed by atoms with Gasteiger partial charge in [0.1, 0.15) is 0 Å². The number of pyridine rings is 2. The van der Waals surface area contributed by atoms with Gasteiger partial charge < -0.3 is 0 Å². The second-order valence-corrected chi connectivity index (χ2v) is 7.34. The molecule has 2 aromatic heterocycles. The lowest BCUT2D eigenvalue weighted by molar-refractivity contribution is 0.831. The summed E-state index contributed by atoms with van der Waals surface area (Å²) in [6.45, 7) is 0. The van der Waals surface area contributed by atoms with Crippen LogP contribution in [0.2, 0.25) is 0 Å². The Kier molecular flexibility index (Phi) is 4.46. The fourth-order valence-electron chi connectivity index (χ4n) is 4.30. The van der Waals surface area contributed by atoms with Crippen molar-refractivity contribution in [3.63, 3.8) is 0 Å². The van der Waals surface area contributed by atoms with Gasteiger partial charge in [-0.15, -0.1) is 0 Å². The molecule has 0 radical (unpaired) electrons. The van der Waals surface area contributed by atoms with E-state index in [-0.39, 0.29) is 0 Å². The third-order valence-electron chi connectivity index (χ3n) is 5.69. The lowest BCUT2D eigenvalue weighted by Crippen LogP contribution is -2.06. The number of aryl methyl sites for hydroxylation is 1. The van der Waals surface area contributed by atoms with Crippen LogP contribution in [0.5, 0.6) is 0 Å². The molecule has 0 N–H and O–H groups in total. The molecule has 2 nitrogen and oxygen atoms in total. The molecule has 0 aliphatic heterocycles. The lowest BCUT2D eigenvalue weighted by Gasteiger charge is -2.25. The summed E-state index contributed by atoms with van der Waals surface area (Å²) in [5.74, 6) is 0. The van der Waals surface area contributed by atoms with Gasteiger partial charge in [-0.2, -0.15) is 0 Å². The molecule has 2 heterocycles. The van der Waals surface area contributed by atoms with Crippen LogP contribution in [-0.2, 0) is 6.42 Å². The van der Waals surface area contributed by atoms with Gasteiger partial charge in [-0.3, -0.25) is 9.97 Å². The van der Waals surface area contributed by atoms with Crippen molar-refractivity contribution in [1.29, 1.82) is 0 Å². The third-order valence-corrected chi connectivity index (χ3v) is 5.69. The molecule has 28 heavy (non-hydrogen) atoms. The van der Waals surface area contributed by atoms with Crippen LogP contribution < -0.4 is 0 Å². The zero-order valence-corrected chi connectivity index (χ0v) is 15.8. The molecule has 4 aromatic rings. The van der Waals surface area contributed by atoms with Crippen molar-refractivity contribution in [2.24, 2.45) is 0 Å². The van der Waals surface area contributed by atoms with Crippen molar-refractivity contribution in [1.82, 2.24) is 9.97 Å². The van der Waals surface area contributed by atoms with Crippen molar-refractivity contribution in [2.75, 3.05) is 0 Å². The maximum atomic E-state index is 4.12. The highest BCUT2D eigenvalue weighted by Crippen LogP contribution is 2.39. The number of benzene rings is 2. The van der Waals surface area contributed by atoms with Crippen LogP contribution in [0.3, 0.4) is 0 Å². The lowest BCUT2D eigenvalue weighted by atomic mass is 9.80. The molecular formula is C26H22N2. The first kappa shape index (κ1) is 16.9. The van der Waals surface area contributed by atoms with Crippen molar-refractivity contribution >= 4 is 27.2 Å². The van der Waals surface area contributed by atoms with E-state index >= 15 is 0 Å². The highest BCUT2D eigenvalue weighted by Gasteiger charge is 2.20. The van der Waals surface area contributed by atoms with E-state index in [2.05, 4.69) is 58.5 Å². The van der Waals surface area contributed by atoms with Gasteiger partial charge in [0, 0.05) is 17.8 Å². The van der Waals surface area contributed by atoms with Crippen molar-refractivity contribution in [2.45, 2.75) is 25.7 Å². The highest BCUT2D eigenvalue weighted by molar-refractivity contribution is 5.93. The van der Waals surface area contributed by atoms with Crippen LogP contribution >= 0.6 is 0 Å². The minimum absolute atomic E-state index is 0.949. The first-order valence-corrected chi connectivity index (χ1v) is 9.94. The second kappa shape index (κ2) is 7.40. The van der Waals surface area contributed by atoms with Crippen molar-refractivity contribution < 1.29 is 0 Å². The fourth-order valence-corrected chi connectivity index (χ4v) is 4.30. The molecular weight excluding hydrogens is 340 g/mol. The predicted molar refractivity (Wildman–Crippen MR) is 117 cm³/mol. The molecule has 0 spiro atoms. The summed E-state index contributed by atoms with van der Waals surface area (Å²) in [5.41, 5.74) is 7.16. The van der Waals surface area contributed by atoms with Crippen LogP contribution in [-0.4, -0.2) is 9.97 Å². The molecule has 0 atom stereocenters. The van der Waals surface area contributed by atoms with Crippen molar-refractivity contribution in [3.8, 4) is 0 Å². The molecule has 2 aromatic carbocycles. The smallest absolute Gasteiger partial charge is 0.0885 e. The van der Waals surface area contributed by atoms with Gasteiger partial charge >= 0.3 is 0 Å². The van der Waals surface area contributed by atoms with Gasteiger partial charge in [-0.1, -0.05) is 60.2 Å². The Morgan fingerprint density at radius 3 is 2.64 bits per heavy atom. The average Bonchev–Trinajstić information content (AvgIpc) is 2.79. The minimum Gasteiger partial charge on any atom is -0.262 e. The predicted octanol–water partition coefficient (Wildman–Crippen LogP) is 6.52. The van der Waals surface area contributed by atoms with E-state index in [0.717, 1.165) is 10.9 Å². The summed E-state index contributed by atoms with van der Waals surface area (Å²) >= 11 is 0. The number of hydrogen-bond donors (Lipinski definition) is 0. The van der Waals surface area contributed by atoms with Gasteiger partial charge in [0.2, 0.25) is 0 Å². The molecule has 6 rings (SSSR count). The molecule has 0 unspecified atom stereocenters. The van der Waals surface area contributed by atoms with E-state index in [1.807, 2.05) is 18.2 Å². The average molecular weight is 362 g/mol. The maximum Gasteiger partial charge on any atom is 0.0885 e.